The Balaban J connectivity index is 1.60. The van der Waals surface area contributed by atoms with Crippen molar-refractivity contribution >= 4 is 23.5 Å². The lowest BCUT2D eigenvalue weighted by Crippen LogP contribution is -2.50. The maximum Gasteiger partial charge on any atom is 0.313 e. The molecule has 1 N–H and O–H groups in total. The number of esters is 1. The predicted molar refractivity (Wildman–Crippen MR) is 118 cm³/mol. The normalized spacial score (nSPS) is 21.3. The smallest absolute Gasteiger partial charge is 0.313 e. The number of hydrazone groups is 1. The standard InChI is InChI=1S/C24H33N3O4/c1-2-31-23(30)24(15-6-10-19-8-4-3-5-9-19)16-7-17-27(18-24)22(29)14-12-20-11-13-21(28)26-25-20/h3-5,8-9H,2,6-7,10-18H2,1H3,(H,26,28). The van der Waals surface area contributed by atoms with Gasteiger partial charge in [0.15, 0.2) is 0 Å². The van der Waals surface area contributed by atoms with Crippen molar-refractivity contribution in [3.05, 3.63) is 35.9 Å². The van der Waals surface area contributed by atoms with Crippen LogP contribution in [0.15, 0.2) is 35.4 Å². The average molecular weight is 428 g/mol. The summed E-state index contributed by atoms with van der Waals surface area (Å²) in [7, 11) is 0. The molecule has 31 heavy (non-hydrogen) atoms. The van der Waals surface area contributed by atoms with Crippen molar-refractivity contribution in [3.8, 4) is 0 Å². The Hall–Kier alpha value is -2.70. The number of piperidine rings is 1. The first-order chi connectivity index (χ1) is 15.0. The molecule has 0 spiro atoms. The highest BCUT2D eigenvalue weighted by Crippen LogP contribution is 2.37. The van der Waals surface area contributed by atoms with Gasteiger partial charge in [0, 0.05) is 31.6 Å². The minimum absolute atomic E-state index is 0.0380. The van der Waals surface area contributed by atoms with Crippen LogP contribution in [0.5, 0.6) is 0 Å². The van der Waals surface area contributed by atoms with E-state index in [1.807, 2.05) is 30.0 Å². The number of rotatable bonds is 9. The lowest BCUT2D eigenvalue weighted by Gasteiger charge is -2.41. The van der Waals surface area contributed by atoms with Gasteiger partial charge < -0.3 is 9.64 Å². The predicted octanol–water partition coefficient (Wildman–Crippen LogP) is 3.23. The van der Waals surface area contributed by atoms with E-state index in [1.165, 1.54) is 5.56 Å². The fourth-order valence-corrected chi connectivity index (χ4v) is 4.48. The van der Waals surface area contributed by atoms with Gasteiger partial charge in [0.05, 0.1) is 12.0 Å². The highest BCUT2D eigenvalue weighted by molar-refractivity contribution is 5.94. The zero-order valence-corrected chi connectivity index (χ0v) is 18.4. The molecule has 2 heterocycles. The van der Waals surface area contributed by atoms with Gasteiger partial charge in [0.1, 0.15) is 0 Å². The van der Waals surface area contributed by atoms with E-state index in [4.69, 9.17) is 4.74 Å². The number of benzene rings is 1. The molecule has 0 radical (unpaired) electrons. The molecular weight excluding hydrogens is 394 g/mol. The van der Waals surface area contributed by atoms with Crippen LogP contribution in [0.25, 0.3) is 0 Å². The Labute approximate surface area is 184 Å². The van der Waals surface area contributed by atoms with Gasteiger partial charge in [-0.2, -0.15) is 5.10 Å². The van der Waals surface area contributed by atoms with Gasteiger partial charge in [-0.3, -0.25) is 14.4 Å². The second kappa shape index (κ2) is 11.1. The number of likely N-dealkylation sites (tertiary alicyclic amines) is 1. The van der Waals surface area contributed by atoms with Crippen molar-refractivity contribution in [2.75, 3.05) is 19.7 Å². The molecule has 1 atom stereocenters. The quantitative estimate of drug-likeness (QED) is 0.613. The third kappa shape index (κ3) is 6.39. The molecule has 2 aliphatic rings. The number of ether oxygens (including phenoxy) is 1. The molecule has 0 aromatic heterocycles. The second-order valence-electron chi connectivity index (χ2n) is 8.47. The molecule has 2 aliphatic heterocycles. The third-order valence-corrected chi connectivity index (χ3v) is 6.21. The van der Waals surface area contributed by atoms with Gasteiger partial charge in [-0.1, -0.05) is 30.3 Å². The van der Waals surface area contributed by atoms with E-state index in [-0.39, 0.29) is 17.8 Å². The SMILES string of the molecule is CCOC(=O)C1(CCCc2ccccc2)CCCN(C(=O)CCC2=NNC(=O)CC2)C1. The molecule has 1 unspecified atom stereocenters. The Kier molecular flexibility index (Phi) is 8.20. The Morgan fingerprint density at radius 3 is 2.71 bits per heavy atom. The van der Waals surface area contributed by atoms with Gasteiger partial charge in [-0.05, 0) is 57.4 Å². The minimum atomic E-state index is -0.630. The van der Waals surface area contributed by atoms with Gasteiger partial charge >= 0.3 is 5.97 Å². The topological polar surface area (TPSA) is 88.1 Å². The monoisotopic (exact) mass is 427 g/mol. The van der Waals surface area contributed by atoms with E-state index in [9.17, 15) is 14.4 Å². The number of carbonyl (C=O) groups excluding carboxylic acids is 3. The minimum Gasteiger partial charge on any atom is -0.466 e. The Bertz CT molecular complexity index is 808. The van der Waals surface area contributed by atoms with Crippen LogP contribution < -0.4 is 5.43 Å². The Morgan fingerprint density at radius 1 is 1.19 bits per heavy atom. The van der Waals surface area contributed by atoms with E-state index in [2.05, 4.69) is 22.7 Å². The average Bonchev–Trinajstić information content (AvgIpc) is 2.79. The molecule has 0 aliphatic carbocycles. The van der Waals surface area contributed by atoms with E-state index in [1.54, 1.807) is 0 Å². The Morgan fingerprint density at radius 2 is 2.00 bits per heavy atom. The third-order valence-electron chi connectivity index (χ3n) is 6.21. The largest absolute Gasteiger partial charge is 0.466 e. The van der Waals surface area contributed by atoms with Crippen molar-refractivity contribution in [2.45, 2.75) is 64.7 Å². The first-order valence-electron chi connectivity index (χ1n) is 11.4. The summed E-state index contributed by atoms with van der Waals surface area (Å²) >= 11 is 0. The number of hydrogen-bond donors (Lipinski definition) is 1. The van der Waals surface area contributed by atoms with Crippen LogP contribution in [0.2, 0.25) is 0 Å². The lowest BCUT2D eigenvalue weighted by atomic mass is 9.75. The van der Waals surface area contributed by atoms with Crippen molar-refractivity contribution in [1.29, 1.82) is 0 Å². The number of nitrogens with one attached hydrogen (secondary N) is 1. The van der Waals surface area contributed by atoms with Gasteiger partial charge in [0.2, 0.25) is 11.8 Å². The van der Waals surface area contributed by atoms with Crippen LogP contribution in [-0.4, -0.2) is 48.1 Å². The summed E-state index contributed by atoms with van der Waals surface area (Å²) < 4.78 is 5.44. The number of aryl methyl sites for hydroxylation is 1. The molecule has 1 saturated heterocycles. The van der Waals surface area contributed by atoms with Crippen molar-refractivity contribution in [3.63, 3.8) is 0 Å². The molecule has 3 rings (SSSR count). The molecule has 0 bridgehead atoms. The fraction of sp³-hybridized carbons (Fsp3) is 0.583. The van der Waals surface area contributed by atoms with Crippen LogP contribution in [0.4, 0.5) is 0 Å². The van der Waals surface area contributed by atoms with Gasteiger partial charge in [0.25, 0.3) is 0 Å². The van der Waals surface area contributed by atoms with Crippen LogP contribution in [0.1, 0.15) is 63.9 Å². The van der Waals surface area contributed by atoms with Gasteiger partial charge in [-0.25, -0.2) is 5.43 Å². The maximum atomic E-state index is 12.9. The highest BCUT2D eigenvalue weighted by atomic mass is 16.5. The first kappa shape index (κ1) is 23.0. The molecular formula is C24H33N3O4. The zero-order valence-electron chi connectivity index (χ0n) is 18.4. The molecule has 0 saturated carbocycles. The fourth-order valence-electron chi connectivity index (χ4n) is 4.48. The number of carbonyl (C=O) groups is 3. The van der Waals surface area contributed by atoms with Crippen LogP contribution in [0.3, 0.4) is 0 Å². The van der Waals surface area contributed by atoms with E-state index in [0.29, 0.717) is 51.8 Å². The number of amides is 2. The van der Waals surface area contributed by atoms with Crippen molar-refractivity contribution < 1.29 is 19.1 Å². The molecule has 168 valence electrons. The van der Waals surface area contributed by atoms with Crippen LogP contribution in [0, 0.1) is 5.41 Å². The van der Waals surface area contributed by atoms with Crippen molar-refractivity contribution in [1.82, 2.24) is 10.3 Å². The second-order valence-corrected chi connectivity index (χ2v) is 8.47. The molecule has 7 nitrogen and oxygen atoms in total. The highest BCUT2D eigenvalue weighted by Gasteiger charge is 2.44. The van der Waals surface area contributed by atoms with Crippen molar-refractivity contribution in [2.24, 2.45) is 10.5 Å². The van der Waals surface area contributed by atoms with E-state index < -0.39 is 5.41 Å². The summed E-state index contributed by atoms with van der Waals surface area (Å²) in [5.41, 5.74) is 3.95. The lowest BCUT2D eigenvalue weighted by molar-refractivity contribution is -0.161. The number of nitrogens with zero attached hydrogens (tertiary/aromatic N) is 2. The molecule has 1 aromatic rings. The molecule has 1 aromatic carbocycles. The summed E-state index contributed by atoms with van der Waals surface area (Å²) in [6.45, 7) is 3.26. The van der Waals surface area contributed by atoms with E-state index in [0.717, 1.165) is 31.4 Å². The van der Waals surface area contributed by atoms with Crippen LogP contribution >= 0.6 is 0 Å². The number of hydrogen-bond acceptors (Lipinski definition) is 5. The summed E-state index contributed by atoms with van der Waals surface area (Å²) in [5, 5.41) is 4.05. The summed E-state index contributed by atoms with van der Waals surface area (Å²) in [4.78, 5) is 38.9. The molecule has 7 heteroatoms. The summed E-state index contributed by atoms with van der Waals surface area (Å²) in [5.74, 6) is -0.225. The first-order valence-corrected chi connectivity index (χ1v) is 11.4. The molecule has 2 amide bonds. The summed E-state index contributed by atoms with van der Waals surface area (Å²) in [6.07, 6.45) is 5.95. The molecule has 1 fully saturated rings. The van der Waals surface area contributed by atoms with Crippen LogP contribution in [-0.2, 0) is 25.5 Å². The summed E-state index contributed by atoms with van der Waals surface area (Å²) in [6, 6.07) is 10.3. The van der Waals surface area contributed by atoms with Gasteiger partial charge in [-0.15, -0.1) is 0 Å². The maximum absolute atomic E-state index is 12.9. The zero-order chi connectivity index (χ0) is 22.1. The van der Waals surface area contributed by atoms with E-state index >= 15 is 0 Å².